The number of halogens is 1. The second-order valence-electron chi connectivity index (χ2n) is 4.27. The van der Waals surface area contributed by atoms with Crippen LogP contribution in [0.25, 0.3) is 0 Å². The molecule has 1 heterocycles. The molecule has 0 unspecified atom stereocenters. The second-order valence-corrected chi connectivity index (χ2v) is 4.27. The lowest BCUT2D eigenvalue weighted by atomic mass is 10.1. The molecule has 0 saturated carbocycles. The molecule has 1 saturated heterocycles. The van der Waals surface area contributed by atoms with Crippen molar-refractivity contribution in [2.75, 3.05) is 13.1 Å². The van der Waals surface area contributed by atoms with Crippen LogP contribution in [-0.4, -0.2) is 23.8 Å². The number of rotatable bonds is 2. The van der Waals surface area contributed by atoms with Crippen LogP contribution in [-0.2, 0) is 11.3 Å². The fourth-order valence-electron chi connectivity index (χ4n) is 2.02. The number of likely N-dealkylation sites (tertiary alicyclic amines) is 1. The van der Waals surface area contributed by atoms with Crippen LogP contribution < -0.4 is 0 Å². The van der Waals surface area contributed by atoms with E-state index in [0.29, 0.717) is 30.7 Å². The third-order valence-corrected chi connectivity index (χ3v) is 2.91. The Bertz CT molecular complexity index is 469. The Morgan fingerprint density at radius 2 is 2.00 bits per heavy atom. The molecule has 1 aromatic carbocycles. The lowest BCUT2D eigenvalue weighted by Crippen LogP contribution is -2.33. The third-order valence-electron chi connectivity index (χ3n) is 2.91. The van der Waals surface area contributed by atoms with Gasteiger partial charge in [-0.15, -0.1) is 0 Å². The van der Waals surface area contributed by atoms with E-state index >= 15 is 0 Å². The zero-order valence-corrected chi connectivity index (χ0v) is 9.45. The molecule has 0 aromatic heterocycles. The predicted octanol–water partition coefficient (Wildman–Crippen LogP) is 1.86. The molecule has 0 bridgehead atoms. The van der Waals surface area contributed by atoms with Crippen LogP contribution in [0.2, 0.25) is 0 Å². The summed E-state index contributed by atoms with van der Waals surface area (Å²) in [7, 11) is 0. The van der Waals surface area contributed by atoms with E-state index in [1.54, 1.807) is 6.07 Å². The fourth-order valence-corrected chi connectivity index (χ4v) is 2.02. The molecular weight excluding hydrogens is 219 g/mol. The van der Waals surface area contributed by atoms with Crippen molar-refractivity contribution in [2.45, 2.75) is 19.4 Å². The maximum absolute atomic E-state index is 13.2. The number of carbonyl (C=O) groups is 1. The van der Waals surface area contributed by atoms with E-state index in [9.17, 15) is 9.18 Å². The molecule has 0 radical (unpaired) electrons. The van der Waals surface area contributed by atoms with Crippen molar-refractivity contribution in [3.8, 4) is 6.07 Å². The maximum Gasteiger partial charge on any atom is 0.135 e. The molecular formula is C13H13FN2O. The predicted molar refractivity (Wildman–Crippen MR) is 60.6 cm³/mol. The number of ketones is 1. The molecule has 0 aliphatic carbocycles. The summed E-state index contributed by atoms with van der Waals surface area (Å²) in [6.45, 7) is 2.04. The Balaban J connectivity index is 2.06. The van der Waals surface area contributed by atoms with Gasteiger partial charge in [-0.05, 0) is 23.8 Å². The first-order valence-corrected chi connectivity index (χ1v) is 5.61. The van der Waals surface area contributed by atoms with Gasteiger partial charge in [0.2, 0.25) is 0 Å². The summed E-state index contributed by atoms with van der Waals surface area (Å²) < 4.78 is 13.2. The molecule has 17 heavy (non-hydrogen) atoms. The van der Waals surface area contributed by atoms with Gasteiger partial charge < -0.3 is 0 Å². The first-order chi connectivity index (χ1) is 8.17. The number of nitriles is 1. The first-order valence-electron chi connectivity index (χ1n) is 5.61. The molecule has 1 fully saturated rings. The Hall–Kier alpha value is -1.73. The van der Waals surface area contributed by atoms with Gasteiger partial charge in [0, 0.05) is 32.5 Å². The fraction of sp³-hybridized carbons (Fsp3) is 0.385. The van der Waals surface area contributed by atoms with Crippen molar-refractivity contribution in [1.82, 2.24) is 4.90 Å². The summed E-state index contributed by atoms with van der Waals surface area (Å²) >= 11 is 0. The van der Waals surface area contributed by atoms with Crippen LogP contribution in [0.5, 0.6) is 0 Å². The first kappa shape index (κ1) is 11.7. The Morgan fingerprint density at radius 3 is 2.65 bits per heavy atom. The highest BCUT2D eigenvalue weighted by Gasteiger charge is 2.16. The minimum atomic E-state index is -0.382. The summed E-state index contributed by atoms with van der Waals surface area (Å²) in [5.74, 6) is -0.0923. The zero-order valence-electron chi connectivity index (χ0n) is 9.45. The average Bonchev–Trinajstić information content (AvgIpc) is 2.31. The van der Waals surface area contributed by atoms with Gasteiger partial charge in [-0.2, -0.15) is 5.26 Å². The van der Waals surface area contributed by atoms with Gasteiger partial charge in [-0.3, -0.25) is 9.69 Å². The van der Waals surface area contributed by atoms with Gasteiger partial charge in [0.1, 0.15) is 11.6 Å². The zero-order chi connectivity index (χ0) is 12.3. The molecule has 1 aliphatic heterocycles. The summed E-state index contributed by atoms with van der Waals surface area (Å²) in [6, 6.07) is 6.30. The maximum atomic E-state index is 13.2. The van der Waals surface area contributed by atoms with Gasteiger partial charge in [-0.25, -0.2) is 4.39 Å². The largest absolute Gasteiger partial charge is 0.300 e. The minimum absolute atomic E-state index is 0.290. The van der Waals surface area contributed by atoms with Crippen molar-refractivity contribution in [1.29, 1.82) is 5.26 Å². The molecule has 3 nitrogen and oxygen atoms in total. The summed E-state index contributed by atoms with van der Waals surface area (Å²) in [5, 5.41) is 8.75. The van der Waals surface area contributed by atoms with Crippen LogP contribution in [0.15, 0.2) is 18.2 Å². The highest BCUT2D eigenvalue weighted by atomic mass is 19.1. The number of piperidine rings is 1. The number of hydrogen-bond donors (Lipinski definition) is 0. The molecule has 0 spiro atoms. The molecule has 0 atom stereocenters. The average molecular weight is 232 g/mol. The van der Waals surface area contributed by atoms with Crippen LogP contribution in [0.1, 0.15) is 24.0 Å². The number of benzene rings is 1. The van der Waals surface area contributed by atoms with Gasteiger partial charge in [0.05, 0.1) is 11.6 Å². The summed E-state index contributed by atoms with van der Waals surface area (Å²) in [5.41, 5.74) is 1.13. The Morgan fingerprint density at radius 1 is 1.29 bits per heavy atom. The number of Topliss-reactive ketones (excluding diaryl/α,β-unsaturated/α-hetero) is 1. The molecule has 0 amide bonds. The Labute approximate surface area is 99.5 Å². The number of carbonyl (C=O) groups excluding carboxylic acids is 1. The van der Waals surface area contributed by atoms with E-state index in [1.807, 2.05) is 6.07 Å². The van der Waals surface area contributed by atoms with E-state index in [0.717, 1.165) is 18.7 Å². The monoisotopic (exact) mass is 232 g/mol. The van der Waals surface area contributed by atoms with Crippen LogP contribution in [0.3, 0.4) is 0 Å². The SMILES string of the molecule is N#Cc1cc(F)cc(CN2CCC(=O)CC2)c1. The summed E-state index contributed by atoms with van der Waals surface area (Å²) in [4.78, 5) is 13.2. The molecule has 88 valence electrons. The lowest BCUT2D eigenvalue weighted by molar-refractivity contribution is -0.121. The van der Waals surface area contributed by atoms with Crippen LogP contribution in [0.4, 0.5) is 4.39 Å². The van der Waals surface area contributed by atoms with Crippen LogP contribution >= 0.6 is 0 Å². The highest BCUT2D eigenvalue weighted by Crippen LogP contribution is 2.14. The highest BCUT2D eigenvalue weighted by molar-refractivity contribution is 5.79. The van der Waals surface area contributed by atoms with E-state index in [1.165, 1.54) is 12.1 Å². The van der Waals surface area contributed by atoms with E-state index in [-0.39, 0.29) is 5.82 Å². The number of hydrogen-bond acceptors (Lipinski definition) is 3. The standard InChI is InChI=1S/C13H13FN2O/c14-12-6-10(8-15)5-11(7-12)9-16-3-1-13(17)2-4-16/h5-7H,1-4,9H2. The smallest absolute Gasteiger partial charge is 0.135 e. The molecule has 4 heteroatoms. The van der Waals surface area contributed by atoms with E-state index in [2.05, 4.69) is 4.90 Å². The van der Waals surface area contributed by atoms with Crippen molar-refractivity contribution >= 4 is 5.78 Å². The third kappa shape index (κ3) is 3.11. The van der Waals surface area contributed by atoms with Crippen LogP contribution in [0, 0.1) is 17.1 Å². The topological polar surface area (TPSA) is 44.1 Å². The van der Waals surface area contributed by atoms with Gasteiger partial charge >= 0.3 is 0 Å². The van der Waals surface area contributed by atoms with Crippen molar-refractivity contribution in [3.63, 3.8) is 0 Å². The van der Waals surface area contributed by atoms with Gasteiger partial charge in [-0.1, -0.05) is 0 Å². The van der Waals surface area contributed by atoms with Gasteiger partial charge in [0.15, 0.2) is 0 Å². The minimum Gasteiger partial charge on any atom is -0.300 e. The van der Waals surface area contributed by atoms with Crippen molar-refractivity contribution in [2.24, 2.45) is 0 Å². The van der Waals surface area contributed by atoms with E-state index in [4.69, 9.17) is 5.26 Å². The second kappa shape index (κ2) is 5.07. The molecule has 0 N–H and O–H groups in total. The van der Waals surface area contributed by atoms with Crippen molar-refractivity contribution < 1.29 is 9.18 Å². The summed E-state index contributed by atoms with van der Waals surface area (Å²) in [6.07, 6.45) is 1.14. The Kier molecular flexibility index (Phi) is 3.50. The van der Waals surface area contributed by atoms with Crippen molar-refractivity contribution in [3.05, 3.63) is 35.1 Å². The quantitative estimate of drug-likeness (QED) is 0.781. The molecule has 1 aliphatic rings. The molecule has 1 aromatic rings. The normalized spacial score (nSPS) is 16.8. The van der Waals surface area contributed by atoms with E-state index < -0.39 is 0 Å². The molecule has 2 rings (SSSR count). The lowest BCUT2D eigenvalue weighted by Gasteiger charge is -2.25. The number of nitrogens with zero attached hydrogens (tertiary/aromatic N) is 2. The van der Waals surface area contributed by atoms with Gasteiger partial charge in [0.25, 0.3) is 0 Å².